The van der Waals surface area contributed by atoms with E-state index in [2.05, 4.69) is 55.9 Å². The van der Waals surface area contributed by atoms with E-state index in [0.29, 0.717) is 6.04 Å². The number of hydrogen-bond donors (Lipinski definition) is 1. The Balaban J connectivity index is 2.07. The molecule has 0 bridgehead atoms. The topological polar surface area (TPSA) is 29.9 Å². The maximum absolute atomic E-state index is 4.72. The van der Waals surface area contributed by atoms with Gasteiger partial charge in [0.25, 0.3) is 0 Å². The van der Waals surface area contributed by atoms with Gasteiger partial charge in [0.1, 0.15) is 5.82 Å². The summed E-state index contributed by atoms with van der Waals surface area (Å²) in [6.07, 6.45) is 2.16. The summed E-state index contributed by atoms with van der Waals surface area (Å²) in [5, 5.41) is 3.44. The van der Waals surface area contributed by atoms with E-state index in [1.54, 1.807) is 0 Å². The van der Waals surface area contributed by atoms with Gasteiger partial charge in [-0.1, -0.05) is 19.9 Å². The van der Waals surface area contributed by atoms with Gasteiger partial charge in [0, 0.05) is 19.5 Å². The molecular formula is C15H23N3. The smallest absolute Gasteiger partial charge is 0.109 e. The highest BCUT2D eigenvalue weighted by atomic mass is 15.1. The lowest BCUT2D eigenvalue weighted by Crippen LogP contribution is -2.24. The molecule has 0 amide bonds. The molecule has 3 nitrogen and oxygen atoms in total. The molecule has 0 saturated carbocycles. The number of aryl methyl sites for hydroxylation is 3. The third-order valence-electron chi connectivity index (χ3n) is 3.26. The number of aromatic nitrogens is 2. The summed E-state index contributed by atoms with van der Waals surface area (Å²) in [7, 11) is 2.11. The number of rotatable bonds is 5. The van der Waals surface area contributed by atoms with E-state index in [0.717, 1.165) is 24.9 Å². The highest BCUT2D eigenvalue weighted by molar-refractivity contribution is 5.76. The molecule has 1 aromatic carbocycles. The molecule has 1 aromatic heterocycles. The minimum Gasteiger partial charge on any atom is -0.331 e. The van der Waals surface area contributed by atoms with Crippen molar-refractivity contribution in [2.24, 2.45) is 7.05 Å². The van der Waals surface area contributed by atoms with Crippen LogP contribution in [0.2, 0.25) is 0 Å². The van der Waals surface area contributed by atoms with E-state index < -0.39 is 0 Å². The van der Waals surface area contributed by atoms with Crippen LogP contribution in [0, 0.1) is 6.92 Å². The Morgan fingerprint density at radius 2 is 2.11 bits per heavy atom. The summed E-state index contributed by atoms with van der Waals surface area (Å²) >= 11 is 0. The second kappa shape index (κ2) is 5.53. The molecule has 0 atom stereocenters. The maximum Gasteiger partial charge on any atom is 0.109 e. The van der Waals surface area contributed by atoms with Gasteiger partial charge in [0.05, 0.1) is 11.0 Å². The fourth-order valence-electron chi connectivity index (χ4n) is 2.22. The van der Waals surface area contributed by atoms with Gasteiger partial charge >= 0.3 is 0 Å². The molecule has 0 radical (unpaired) electrons. The number of benzene rings is 1. The van der Waals surface area contributed by atoms with Crippen molar-refractivity contribution < 1.29 is 0 Å². The van der Waals surface area contributed by atoms with Crippen molar-refractivity contribution in [3.63, 3.8) is 0 Å². The molecule has 0 aliphatic carbocycles. The van der Waals surface area contributed by atoms with Gasteiger partial charge in [0.15, 0.2) is 0 Å². The first-order chi connectivity index (χ1) is 8.58. The number of imidazole rings is 1. The van der Waals surface area contributed by atoms with Crippen LogP contribution < -0.4 is 5.32 Å². The molecule has 18 heavy (non-hydrogen) atoms. The van der Waals surface area contributed by atoms with Crippen LogP contribution in [-0.2, 0) is 13.5 Å². The number of nitrogens with zero attached hydrogens (tertiary/aromatic N) is 2. The average Bonchev–Trinajstić information content (AvgIpc) is 2.61. The minimum atomic E-state index is 0.563. The standard InChI is InChI=1S/C15H23N3/c1-11(2)16-9-5-6-15-17-13-10-12(3)7-8-14(13)18(15)4/h7-8,10-11,16H,5-6,9H2,1-4H3. The van der Waals surface area contributed by atoms with Crippen LogP contribution >= 0.6 is 0 Å². The quantitative estimate of drug-likeness (QED) is 0.821. The second-order valence-electron chi connectivity index (χ2n) is 5.29. The highest BCUT2D eigenvalue weighted by Gasteiger charge is 2.07. The van der Waals surface area contributed by atoms with E-state index in [9.17, 15) is 0 Å². The second-order valence-corrected chi connectivity index (χ2v) is 5.29. The zero-order valence-corrected chi connectivity index (χ0v) is 11.8. The predicted octanol–water partition coefficient (Wildman–Crippen LogP) is 2.81. The molecule has 1 N–H and O–H groups in total. The lowest BCUT2D eigenvalue weighted by molar-refractivity contribution is 0.563. The molecule has 0 fully saturated rings. The van der Waals surface area contributed by atoms with Crippen molar-refractivity contribution in [2.45, 2.75) is 39.7 Å². The first-order valence-electron chi connectivity index (χ1n) is 6.73. The molecule has 0 spiro atoms. The largest absolute Gasteiger partial charge is 0.331 e. The third kappa shape index (κ3) is 2.91. The van der Waals surface area contributed by atoms with Crippen molar-refractivity contribution in [3.05, 3.63) is 29.6 Å². The monoisotopic (exact) mass is 245 g/mol. The van der Waals surface area contributed by atoms with Crippen molar-refractivity contribution >= 4 is 11.0 Å². The Kier molecular flexibility index (Phi) is 4.02. The molecule has 0 aliphatic heterocycles. The van der Waals surface area contributed by atoms with Gasteiger partial charge in [0.2, 0.25) is 0 Å². The van der Waals surface area contributed by atoms with Gasteiger partial charge in [-0.05, 0) is 37.6 Å². The van der Waals surface area contributed by atoms with Crippen LogP contribution in [0.5, 0.6) is 0 Å². The van der Waals surface area contributed by atoms with Gasteiger partial charge in [-0.15, -0.1) is 0 Å². The SMILES string of the molecule is Cc1ccc2c(c1)nc(CCCNC(C)C)n2C. The van der Waals surface area contributed by atoms with Crippen LogP contribution in [0.4, 0.5) is 0 Å². The number of fused-ring (bicyclic) bond motifs is 1. The molecule has 0 aliphatic rings. The van der Waals surface area contributed by atoms with Gasteiger partial charge in [-0.25, -0.2) is 4.98 Å². The fourth-order valence-corrected chi connectivity index (χ4v) is 2.22. The van der Waals surface area contributed by atoms with Crippen molar-refractivity contribution in [1.29, 1.82) is 0 Å². The number of hydrogen-bond acceptors (Lipinski definition) is 2. The van der Waals surface area contributed by atoms with Gasteiger partial charge in [-0.3, -0.25) is 0 Å². The molecule has 2 rings (SSSR count). The summed E-state index contributed by atoms with van der Waals surface area (Å²) in [4.78, 5) is 4.72. The van der Waals surface area contributed by atoms with E-state index in [1.165, 1.54) is 16.9 Å². The molecule has 0 saturated heterocycles. The third-order valence-corrected chi connectivity index (χ3v) is 3.26. The summed E-state index contributed by atoms with van der Waals surface area (Å²) in [5.74, 6) is 1.18. The summed E-state index contributed by atoms with van der Waals surface area (Å²) in [5.41, 5.74) is 3.62. The molecule has 2 aromatic rings. The molecule has 1 heterocycles. The van der Waals surface area contributed by atoms with Crippen LogP contribution in [0.3, 0.4) is 0 Å². The van der Waals surface area contributed by atoms with E-state index >= 15 is 0 Å². The Morgan fingerprint density at radius 3 is 2.83 bits per heavy atom. The lowest BCUT2D eigenvalue weighted by Gasteiger charge is -2.07. The Labute approximate surface area is 109 Å². The first kappa shape index (κ1) is 13.1. The Bertz CT molecular complexity index is 526. The first-order valence-corrected chi connectivity index (χ1v) is 6.73. The molecular weight excluding hydrogens is 222 g/mol. The predicted molar refractivity (Wildman–Crippen MR) is 76.9 cm³/mol. The maximum atomic E-state index is 4.72. The zero-order valence-electron chi connectivity index (χ0n) is 11.8. The van der Waals surface area contributed by atoms with E-state index in [-0.39, 0.29) is 0 Å². The number of nitrogens with one attached hydrogen (secondary N) is 1. The molecule has 98 valence electrons. The van der Waals surface area contributed by atoms with Gasteiger partial charge < -0.3 is 9.88 Å². The van der Waals surface area contributed by atoms with Crippen LogP contribution in [0.15, 0.2) is 18.2 Å². The summed E-state index contributed by atoms with van der Waals surface area (Å²) < 4.78 is 2.21. The lowest BCUT2D eigenvalue weighted by atomic mass is 10.2. The normalized spacial score (nSPS) is 11.6. The fraction of sp³-hybridized carbons (Fsp3) is 0.533. The highest BCUT2D eigenvalue weighted by Crippen LogP contribution is 2.17. The molecule has 0 unspecified atom stereocenters. The molecule has 3 heteroatoms. The minimum absolute atomic E-state index is 0.563. The average molecular weight is 245 g/mol. The van der Waals surface area contributed by atoms with Crippen molar-refractivity contribution in [2.75, 3.05) is 6.54 Å². The van der Waals surface area contributed by atoms with Gasteiger partial charge in [-0.2, -0.15) is 0 Å². The summed E-state index contributed by atoms with van der Waals surface area (Å²) in [6, 6.07) is 7.03. The summed E-state index contributed by atoms with van der Waals surface area (Å²) in [6.45, 7) is 7.52. The van der Waals surface area contributed by atoms with E-state index in [4.69, 9.17) is 4.98 Å². The van der Waals surface area contributed by atoms with E-state index in [1.807, 2.05) is 0 Å². The van der Waals surface area contributed by atoms with Crippen molar-refractivity contribution in [3.8, 4) is 0 Å². The van der Waals surface area contributed by atoms with Crippen LogP contribution in [-0.4, -0.2) is 22.1 Å². The van der Waals surface area contributed by atoms with Crippen LogP contribution in [0.25, 0.3) is 11.0 Å². The Morgan fingerprint density at radius 1 is 1.33 bits per heavy atom. The van der Waals surface area contributed by atoms with Crippen LogP contribution in [0.1, 0.15) is 31.7 Å². The zero-order chi connectivity index (χ0) is 13.1. The Hall–Kier alpha value is -1.35. The van der Waals surface area contributed by atoms with Crippen molar-refractivity contribution in [1.82, 2.24) is 14.9 Å².